The monoisotopic (exact) mass is 414 g/mol. The molecule has 1 N–H and O–H groups in total. The quantitative estimate of drug-likeness (QED) is 0.404. The minimum atomic E-state index is -0.215. The molecule has 0 atom stereocenters. The number of nitrogens with one attached hydrogen (secondary N) is 1. The molecule has 5 nitrogen and oxygen atoms in total. The Morgan fingerprint density at radius 2 is 2.04 bits per heavy atom. The molecule has 0 amide bonds. The van der Waals surface area contributed by atoms with E-state index in [-0.39, 0.29) is 5.56 Å². The van der Waals surface area contributed by atoms with Gasteiger partial charge in [-0.15, -0.1) is 0 Å². The van der Waals surface area contributed by atoms with Crippen LogP contribution in [0.5, 0.6) is 0 Å². The summed E-state index contributed by atoms with van der Waals surface area (Å²) in [6.45, 7) is 0. The van der Waals surface area contributed by atoms with E-state index in [0.717, 1.165) is 20.0 Å². The van der Waals surface area contributed by atoms with E-state index in [4.69, 9.17) is 0 Å². The molecule has 0 aliphatic heterocycles. The summed E-state index contributed by atoms with van der Waals surface area (Å²) in [5.41, 5.74) is 2.75. The summed E-state index contributed by atoms with van der Waals surface area (Å²) in [5.74, 6) is 0. The average Bonchev–Trinajstić information content (AvgIpc) is 2.94. The molecule has 0 bridgehead atoms. The van der Waals surface area contributed by atoms with Crippen molar-refractivity contribution >= 4 is 50.7 Å². The van der Waals surface area contributed by atoms with E-state index >= 15 is 0 Å². The molecule has 2 heterocycles. The summed E-state index contributed by atoms with van der Waals surface area (Å²) < 4.78 is 2.36. The standard InChI is InChI=1S/C17H11IN4O/c18-12-5-3-4-11(8-12)9-20-22-10-19-15-13-6-1-2-7-14(13)21-16(15)17(22)23/h1-10,21H/b20-9-. The summed E-state index contributed by atoms with van der Waals surface area (Å²) in [7, 11) is 0. The van der Waals surface area contributed by atoms with Crippen LogP contribution in [0.1, 0.15) is 5.56 Å². The predicted molar refractivity (Wildman–Crippen MR) is 100 cm³/mol. The highest BCUT2D eigenvalue weighted by Crippen LogP contribution is 2.20. The van der Waals surface area contributed by atoms with Gasteiger partial charge in [0.25, 0.3) is 5.56 Å². The molecule has 2 aromatic heterocycles. The Morgan fingerprint density at radius 1 is 1.17 bits per heavy atom. The maximum atomic E-state index is 12.6. The third kappa shape index (κ3) is 2.55. The van der Waals surface area contributed by atoms with Gasteiger partial charge in [0.2, 0.25) is 0 Å². The lowest BCUT2D eigenvalue weighted by atomic mass is 10.2. The van der Waals surface area contributed by atoms with Crippen LogP contribution in [0.15, 0.2) is 64.8 Å². The lowest BCUT2D eigenvalue weighted by molar-refractivity contribution is 0.815. The van der Waals surface area contributed by atoms with Gasteiger partial charge in [-0.25, -0.2) is 4.98 Å². The van der Waals surface area contributed by atoms with Gasteiger partial charge in [-0.3, -0.25) is 4.79 Å². The fraction of sp³-hybridized carbons (Fsp3) is 0. The van der Waals surface area contributed by atoms with Crippen molar-refractivity contribution in [3.05, 3.63) is 74.3 Å². The Balaban J connectivity index is 1.83. The number of halogens is 1. The second kappa shape index (κ2) is 5.62. The lowest BCUT2D eigenvalue weighted by Crippen LogP contribution is -2.17. The van der Waals surface area contributed by atoms with Crippen LogP contribution in [0.25, 0.3) is 21.9 Å². The van der Waals surface area contributed by atoms with E-state index in [2.05, 4.69) is 37.7 Å². The maximum absolute atomic E-state index is 12.6. The van der Waals surface area contributed by atoms with E-state index in [1.54, 1.807) is 6.21 Å². The number of hydrogen-bond donors (Lipinski definition) is 1. The Morgan fingerprint density at radius 3 is 2.91 bits per heavy atom. The van der Waals surface area contributed by atoms with Crippen molar-refractivity contribution in [1.29, 1.82) is 0 Å². The van der Waals surface area contributed by atoms with Gasteiger partial charge in [0.15, 0.2) is 0 Å². The Kier molecular flexibility index (Phi) is 3.45. The first kappa shape index (κ1) is 14.1. The molecule has 0 aliphatic rings. The number of H-pyrrole nitrogens is 1. The van der Waals surface area contributed by atoms with Crippen LogP contribution < -0.4 is 5.56 Å². The van der Waals surface area contributed by atoms with Gasteiger partial charge in [-0.05, 0) is 46.4 Å². The molecule has 6 heteroatoms. The summed E-state index contributed by atoms with van der Waals surface area (Å²) in [6.07, 6.45) is 3.11. The van der Waals surface area contributed by atoms with Gasteiger partial charge >= 0.3 is 0 Å². The molecule has 0 unspecified atom stereocenters. The number of nitrogens with zero attached hydrogens (tertiary/aromatic N) is 3. The molecule has 112 valence electrons. The summed E-state index contributed by atoms with van der Waals surface area (Å²) in [5, 5.41) is 5.17. The average molecular weight is 414 g/mol. The van der Waals surface area contributed by atoms with Gasteiger partial charge < -0.3 is 4.98 Å². The van der Waals surface area contributed by atoms with Crippen LogP contribution in [0.4, 0.5) is 0 Å². The van der Waals surface area contributed by atoms with Crippen LogP contribution in [-0.4, -0.2) is 20.9 Å². The molecule has 23 heavy (non-hydrogen) atoms. The zero-order chi connectivity index (χ0) is 15.8. The Bertz CT molecular complexity index is 1110. The number of rotatable bonds is 2. The third-order valence-electron chi connectivity index (χ3n) is 3.58. The third-order valence-corrected chi connectivity index (χ3v) is 4.25. The molecule has 0 saturated carbocycles. The minimum Gasteiger partial charge on any atom is -0.349 e. The van der Waals surface area contributed by atoms with Crippen molar-refractivity contribution < 1.29 is 0 Å². The first-order chi connectivity index (χ1) is 11.2. The molecular weight excluding hydrogens is 403 g/mol. The first-order valence-electron chi connectivity index (χ1n) is 7.00. The van der Waals surface area contributed by atoms with E-state index < -0.39 is 0 Å². The van der Waals surface area contributed by atoms with Crippen molar-refractivity contribution in [2.24, 2.45) is 5.10 Å². The molecule has 4 aromatic rings. The number of benzene rings is 2. The number of hydrogen-bond acceptors (Lipinski definition) is 3. The molecule has 0 radical (unpaired) electrons. The first-order valence-corrected chi connectivity index (χ1v) is 8.08. The van der Waals surface area contributed by atoms with Gasteiger partial charge in [-0.1, -0.05) is 30.3 Å². The zero-order valence-corrected chi connectivity index (χ0v) is 14.1. The Labute approximate surface area is 144 Å². The van der Waals surface area contributed by atoms with Crippen LogP contribution in [0, 0.1) is 3.57 Å². The normalized spacial score (nSPS) is 11.7. The minimum absolute atomic E-state index is 0.215. The summed E-state index contributed by atoms with van der Waals surface area (Å²) in [4.78, 5) is 20.1. The molecule has 0 saturated heterocycles. The molecule has 0 spiro atoms. The molecule has 0 aliphatic carbocycles. The number of aromatic nitrogens is 3. The number of para-hydroxylation sites is 1. The zero-order valence-electron chi connectivity index (χ0n) is 11.9. The van der Waals surface area contributed by atoms with Gasteiger partial charge in [-0.2, -0.15) is 9.78 Å². The fourth-order valence-corrected chi connectivity index (χ4v) is 3.06. The summed E-state index contributed by atoms with van der Waals surface area (Å²) >= 11 is 2.24. The molecule has 0 fully saturated rings. The van der Waals surface area contributed by atoms with Crippen molar-refractivity contribution in [2.45, 2.75) is 0 Å². The highest BCUT2D eigenvalue weighted by atomic mass is 127. The van der Waals surface area contributed by atoms with Crippen molar-refractivity contribution in [1.82, 2.24) is 14.6 Å². The largest absolute Gasteiger partial charge is 0.349 e. The van der Waals surface area contributed by atoms with Crippen molar-refractivity contribution in [3.8, 4) is 0 Å². The van der Waals surface area contributed by atoms with Gasteiger partial charge in [0, 0.05) is 14.5 Å². The van der Waals surface area contributed by atoms with Crippen LogP contribution in [0.3, 0.4) is 0 Å². The highest BCUT2D eigenvalue weighted by Gasteiger charge is 2.09. The van der Waals surface area contributed by atoms with E-state index in [1.165, 1.54) is 11.0 Å². The molecule has 2 aromatic carbocycles. The second-order valence-corrected chi connectivity index (χ2v) is 6.33. The maximum Gasteiger partial charge on any atom is 0.298 e. The molecular formula is C17H11IN4O. The summed E-state index contributed by atoms with van der Waals surface area (Å²) in [6, 6.07) is 15.6. The smallest absolute Gasteiger partial charge is 0.298 e. The lowest BCUT2D eigenvalue weighted by Gasteiger charge is -1.98. The predicted octanol–water partition coefficient (Wildman–Crippen LogP) is 3.36. The van der Waals surface area contributed by atoms with E-state index in [0.29, 0.717) is 11.0 Å². The van der Waals surface area contributed by atoms with Crippen molar-refractivity contribution in [3.63, 3.8) is 0 Å². The van der Waals surface area contributed by atoms with Crippen LogP contribution in [-0.2, 0) is 0 Å². The van der Waals surface area contributed by atoms with Crippen LogP contribution in [0.2, 0.25) is 0 Å². The molecule has 4 rings (SSSR count). The van der Waals surface area contributed by atoms with Crippen LogP contribution >= 0.6 is 22.6 Å². The topological polar surface area (TPSA) is 63.0 Å². The second-order valence-electron chi connectivity index (χ2n) is 5.09. The van der Waals surface area contributed by atoms with E-state index in [1.807, 2.05) is 48.5 Å². The Hall–Kier alpha value is -2.48. The van der Waals surface area contributed by atoms with Gasteiger partial charge in [0.1, 0.15) is 17.4 Å². The number of fused-ring (bicyclic) bond motifs is 3. The van der Waals surface area contributed by atoms with E-state index in [9.17, 15) is 4.79 Å². The van der Waals surface area contributed by atoms with Crippen molar-refractivity contribution in [2.75, 3.05) is 0 Å². The number of aromatic amines is 1. The highest BCUT2D eigenvalue weighted by molar-refractivity contribution is 14.1. The fourth-order valence-electron chi connectivity index (χ4n) is 2.49. The van der Waals surface area contributed by atoms with Gasteiger partial charge in [0.05, 0.1) is 6.21 Å². The SMILES string of the molecule is O=c1c2[nH]c3ccccc3c2ncn1/N=C\c1cccc(I)c1.